The molecular formula is C23H26N2O3S. The maximum Gasteiger partial charge on any atom is 0.290 e. The first-order valence-corrected chi connectivity index (χ1v) is 10.6. The van der Waals surface area contributed by atoms with Crippen LogP contribution < -0.4 is 0 Å². The maximum absolute atomic E-state index is 13.2. The van der Waals surface area contributed by atoms with Gasteiger partial charge in [-0.3, -0.25) is 9.59 Å². The lowest BCUT2D eigenvalue weighted by molar-refractivity contribution is -0.133. The number of nitrogens with zero attached hydrogens (tertiary/aromatic N) is 2. The number of benzene rings is 1. The third kappa shape index (κ3) is 5.81. The fourth-order valence-electron chi connectivity index (χ4n) is 3.14. The standard InChI is InChI=1S/C23H26N2O3S/c1-3-13-24(23(27)21-10-7-14-28-21)17-22(26)25(15-19-8-5-4-6-9-19)16-20-12-11-18(2)29-20/h4-12,14H,3,13,15-17H2,1-2H3. The van der Waals surface area contributed by atoms with E-state index in [9.17, 15) is 9.59 Å². The molecule has 0 bridgehead atoms. The topological polar surface area (TPSA) is 53.8 Å². The quantitative estimate of drug-likeness (QED) is 0.512. The number of hydrogen-bond donors (Lipinski definition) is 0. The summed E-state index contributed by atoms with van der Waals surface area (Å²) >= 11 is 1.69. The van der Waals surface area contributed by atoms with E-state index in [0.29, 0.717) is 19.6 Å². The maximum atomic E-state index is 13.2. The number of rotatable bonds is 9. The van der Waals surface area contributed by atoms with Gasteiger partial charge in [0.25, 0.3) is 5.91 Å². The number of thiophene rings is 1. The predicted molar refractivity (Wildman–Crippen MR) is 115 cm³/mol. The van der Waals surface area contributed by atoms with Crippen LogP contribution in [-0.2, 0) is 17.9 Å². The molecule has 0 N–H and O–H groups in total. The van der Waals surface area contributed by atoms with Crippen LogP contribution in [0.3, 0.4) is 0 Å². The molecule has 0 unspecified atom stereocenters. The molecule has 3 rings (SSSR count). The Morgan fingerprint density at radius 2 is 1.76 bits per heavy atom. The summed E-state index contributed by atoms with van der Waals surface area (Å²) in [7, 11) is 0. The minimum absolute atomic E-state index is 0.0323. The monoisotopic (exact) mass is 410 g/mol. The summed E-state index contributed by atoms with van der Waals surface area (Å²) in [6, 6.07) is 17.4. The van der Waals surface area contributed by atoms with Crippen molar-refractivity contribution in [2.75, 3.05) is 13.1 Å². The fourth-order valence-corrected chi connectivity index (χ4v) is 4.04. The van der Waals surface area contributed by atoms with Crippen molar-refractivity contribution < 1.29 is 14.0 Å². The molecule has 0 aliphatic carbocycles. The Bertz CT molecular complexity index is 919. The van der Waals surface area contributed by atoms with E-state index in [2.05, 4.69) is 19.1 Å². The average molecular weight is 411 g/mol. The summed E-state index contributed by atoms with van der Waals surface area (Å²) in [5.74, 6) is -0.0696. The Balaban J connectivity index is 1.77. The van der Waals surface area contributed by atoms with Crippen molar-refractivity contribution in [1.29, 1.82) is 0 Å². The van der Waals surface area contributed by atoms with Crippen molar-refractivity contribution in [2.45, 2.75) is 33.4 Å². The van der Waals surface area contributed by atoms with Gasteiger partial charge in [0.1, 0.15) is 6.54 Å². The molecule has 0 fully saturated rings. The van der Waals surface area contributed by atoms with Gasteiger partial charge in [0, 0.05) is 22.8 Å². The molecule has 2 amide bonds. The molecule has 0 radical (unpaired) electrons. The second kappa shape index (κ2) is 10.1. The van der Waals surface area contributed by atoms with Crippen molar-refractivity contribution in [3.8, 4) is 0 Å². The SMILES string of the molecule is CCCN(CC(=O)N(Cc1ccccc1)Cc1ccc(C)s1)C(=O)c1ccco1. The highest BCUT2D eigenvalue weighted by molar-refractivity contribution is 7.11. The van der Waals surface area contributed by atoms with E-state index in [0.717, 1.165) is 16.9 Å². The van der Waals surface area contributed by atoms with E-state index < -0.39 is 0 Å². The van der Waals surface area contributed by atoms with E-state index >= 15 is 0 Å². The van der Waals surface area contributed by atoms with Crippen molar-refractivity contribution in [3.05, 3.63) is 81.9 Å². The second-order valence-corrected chi connectivity index (χ2v) is 8.32. The third-order valence-electron chi connectivity index (χ3n) is 4.55. The molecule has 2 heterocycles. The highest BCUT2D eigenvalue weighted by Crippen LogP contribution is 2.19. The number of carbonyl (C=O) groups excluding carboxylic acids is 2. The number of hydrogen-bond acceptors (Lipinski definition) is 4. The molecule has 0 aliphatic heterocycles. The summed E-state index contributed by atoms with van der Waals surface area (Å²) in [5, 5.41) is 0. The van der Waals surface area contributed by atoms with E-state index in [1.165, 1.54) is 11.1 Å². The van der Waals surface area contributed by atoms with Crippen LogP contribution in [0.5, 0.6) is 0 Å². The zero-order chi connectivity index (χ0) is 20.6. The van der Waals surface area contributed by atoms with E-state index in [1.54, 1.807) is 28.4 Å². The number of aryl methyl sites for hydroxylation is 1. The molecular weight excluding hydrogens is 384 g/mol. The molecule has 0 saturated carbocycles. The minimum Gasteiger partial charge on any atom is -0.459 e. The molecule has 152 valence electrons. The minimum atomic E-state index is -0.253. The molecule has 6 heteroatoms. The van der Waals surface area contributed by atoms with Crippen molar-refractivity contribution in [2.24, 2.45) is 0 Å². The fraction of sp³-hybridized carbons (Fsp3) is 0.304. The van der Waals surface area contributed by atoms with Crippen LogP contribution in [0.4, 0.5) is 0 Å². The molecule has 1 aromatic carbocycles. The molecule has 29 heavy (non-hydrogen) atoms. The molecule has 0 spiro atoms. The highest BCUT2D eigenvalue weighted by Gasteiger charge is 2.24. The smallest absolute Gasteiger partial charge is 0.290 e. The molecule has 3 aromatic rings. The van der Waals surface area contributed by atoms with Crippen molar-refractivity contribution >= 4 is 23.2 Å². The lowest BCUT2D eigenvalue weighted by Crippen LogP contribution is -2.42. The largest absolute Gasteiger partial charge is 0.459 e. The number of carbonyl (C=O) groups is 2. The van der Waals surface area contributed by atoms with Crippen LogP contribution in [0.15, 0.2) is 65.3 Å². The Labute approximate surface area is 175 Å². The van der Waals surface area contributed by atoms with Crippen LogP contribution in [0.2, 0.25) is 0 Å². The van der Waals surface area contributed by atoms with Gasteiger partial charge in [0.05, 0.1) is 12.8 Å². The number of amides is 2. The van der Waals surface area contributed by atoms with Crippen LogP contribution in [0.25, 0.3) is 0 Å². The van der Waals surface area contributed by atoms with Crippen molar-refractivity contribution in [3.63, 3.8) is 0 Å². The van der Waals surface area contributed by atoms with Gasteiger partial charge in [0.15, 0.2) is 5.76 Å². The predicted octanol–water partition coefficient (Wildman–Crippen LogP) is 4.73. The zero-order valence-corrected chi connectivity index (χ0v) is 17.7. The van der Waals surface area contributed by atoms with Gasteiger partial charge in [-0.2, -0.15) is 0 Å². The first-order chi connectivity index (χ1) is 14.1. The lowest BCUT2D eigenvalue weighted by atomic mass is 10.2. The van der Waals surface area contributed by atoms with Gasteiger partial charge in [-0.15, -0.1) is 11.3 Å². The zero-order valence-electron chi connectivity index (χ0n) is 16.8. The van der Waals surface area contributed by atoms with Crippen molar-refractivity contribution in [1.82, 2.24) is 9.80 Å². The van der Waals surface area contributed by atoms with Gasteiger partial charge in [0.2, 0.25) is 5.91 Å². The van der Waals surface area contributed by atoms with Gasteiger partial charge in [-0.25, -0.2) is 0 Å². The van der Waals surface area contributed by atoms with Gasteiger partial charge >= 0.3 is 0 Å². The normalized spacial score (nSPS) is 10.7. The molecule has 0 saturated heterocycles. The van der Waals surface area contributed by atoms with Crippen LogP contribution >= 0.6 is 11.3 Å². The summed E-state index contributed by atoms with van der Waals surface area (Å²) in [4.78, 5) is 31.7. The first kappa shape index (κ1) is 20.9. The van der Waals surface area contributed by atoms with E-state index in [4.69, 9.17) is 4.42 Å². The molecule has 5 nitrogen and oxygen atoms in total. The Kier molecular flexibility index (Phi) is 7.25. The Hall–Kier alpha value is -2.86. The van der Waals surface area contributed by atoms with E-state index in [-0.39, 0.29) is 24.1 Å². The van der Waals surface area contributed by atoms with E-state index in [1.807, 2.05) is 42.2 Å². The molecule has 0 atom stereocenters. The third-order valence-corrected chi connectivity index (χ3v) is 5.54. The van der Waals surface area contributed by atoms with Gasteiger partial charge in [-0.1, -0.05) is 37.3 Å². The molecule has 2 aromatic heterocycles. The number of furan rings is 1. The van der Waals surface area contributed by atoms with Crippen LogP contribution in [-0.4, -0.2) is 34.7 Å². The Morgan fingerprint density at radius 3 is 2.38 bits per heavy atom. The lowest BCUT2D eigenvalue weighted by Gasteiger charge is -2.27. The average Bonchev–Trinajstić information content (AvgIpc) is 3.39. The van der Waals surface area contributed by atoms with Gasteiger partial charge in [-0.05, 0) is 43.2 Å². The van der Waals surface area contributed by atoms with Crippen LogP contribution in [0, 0.1) is 6.92 Å². The second-order valence-electron chi connectivity index (χ2n) is 6.95. The Morgan fingerprint density at radius 1 is 0.966 bits per heavy atom. The van der Waals surface area contributed by atoms with Crippen LogP contribution in [0.1, 0.15) is 39.2 Å². The highest BCUT2D eigenvalue weighted by atomic mass is 32.1. The summed E-state index contributed by atoms with van der Waals surface area (Å²) in [6.45, 7) is 5.62. The summed E-state index contributed by atoms with van der Waals surface area (Å²) in [5.41, 5.74) is 1.06. The van der Waals surface area contributed by atoms with Gasteiger partial charge < -0.3 is 14.2 Å². The summed E-state index contributed by atoms with van der Waals surface area (Å²) in [6.07, 6.45) is 2.24. The summed E-state index contributed by atoms with van der Waals surface area (Å²) < 4.78 is 5.24. The first-order valence-electron chi connectivity index (χ1n) is 9.76. The molecule has 0 aliphatic rings.